The number of hydrogen-bond donors (Lipinski definition) is 0. The fourth-order valence-electron chi connectivity index (χ4n) is 3.22. The van der Waals surface area contributed by atoms with E-state index in [0.717, 1.165) is 0 Å². The second kappa shape index (κ2) is 10.8. The van der Waals surface area contributed by atoms with Crippen molar-refractivity contribution in [1.29, 1.82) is 0 Å². The molecule has 1 aromatic rings. The van der Waals surface area contributed by atoms with E-state index in [1.807, 2.05) is 0 Å². The fraction of sp³-hybridized carbons (Fsp3) is 0.700. The third-order valence-electron chi connectivity index (χ3n) is 4.94. The summed E-state index contributed by atoms with van der Waals surface area (Å²) in [7, 11) is 0. The van der Waals surface area contributed by atoms with Crippen molar-refractivity contribution in [1.82, 2.24) is 0 Å². The molecule has 120 valence electrons. The third kappa shape index (κ3) is 7.13. The van der Waals surface area contributed by atoms with Crippen molar-refractivity contribution in [2.75, 3.05) is 19.6 Å². The second-order valence-corrected chi connectivity index (χ2v) is 6.46. The predicted molar refractivity (Wildman–Crippen MR) is 94.3 cm³/mol. The van der Waals surface area contributed by atoms with E-state index < -0.39 is 0 Å². The lowest BCUT2D eigenvalue weighted by Crippen LogP contribution is -2.47. The zero-order valence-electron chi connectivity index (χ0n) is 14.6. The first kappa shape index (κ1) is 18.2. The van der Waals surface area contributed by atoms with E-state index in [4.69, 9.17) is 0 Å². The highest BCUT2D eigenvalue weighted by atomic mass is 15.3. The minimum Gasteiger partial charge on any atom is -0.320 e. The molecule has 0 atom stereocenters. The SMILES string of the molecule is CCCCCCCCC[N+](CC)(CC)Cc1ccccc1. The molecule has 0 radical (unpaired) electrons. The lowest BCUT2D eigenvalue weighted by Gasteiger charge is -2.37. The number of unbranched alkanes of at least 4 members (excludes halogenated alkanes) is 6. The van der Waals surface area contributed by atoms with Gasteiger partial charge < -0.3 is 4.48 Å². The average Bonchev–Trinajstić information content (AvgIpc) is 2.54. The van der Waals surface area contributed by atoms with Gasteiger partial charge in [-0.25, -0.2) is 0 Å². The van der Waals surface area contributed by atoms with Gasteiger partial charge in [0, 0.05) is 5.56 Å². The topological polar surface area (TPSA) is 0 Å². The van der Waals surface area contributed by atoms with Crippen LogP contribution < -0.4 is 0 Å². The molecular weight excluding hydrogens is 254 g/mol. The van der Waals surface area contributed by atoms with Crippen LogP contribution in [0, 0.1) is 0 Å². The molecule has 1 aromatic carbocycles. The first-order valence-corrected chi connectivity index (χ1v) is 9.15. The Kier molecular flexibility index (Phi) is 9.41. The van der Waals surface area contributed by atoms with Gasteiger partial charge in [-0.05, 0) is 26.7 Å². The molecule has 0 unspecified atom stereocenters. The molecule has 0 aliphatic heterocycles. The molecule has 0 spiro atoms. The highest BCUT2D eigenvalue weighted by Gasteiger charge is 2.22. The van der Waals surface area contributed by atoms with E-state index in [0.29, 0.717) is 0 Å². The summed E-state index contributed by atoms with van der Waals surface area (Å²) >= 11 is 0. The maximum Gasteiger partial charge on any atom is 0.104 e. The van der Waals surface area contributed by atoms with Crippen molar-refractivity contribution in [2.24, 2.45) is 0 Å². The van der Waals surface area contributed by atoms with Crippen LogP contribution in [0.2, 0.25) is 0 Å². The summed E-state index contributed by atoms with van der Waals surface area (Å²) in [5.74, 6) is 0. The molecule has 21 heavy (non-hydrogen) atoms. The number of rotatable bonds is 12. The average molecular weight is 291 g/mol. The number of quaternary nitrogens is 1. The monoisotopic (exact) mass is 290 g/mol. The molecule has 0 N–H and O–H groups in total. The summed E-state index contributed by atoms with van der Waals surface area (Å²) in [5.41, 5.74) is 1.49. The maximum absolute atomic E-state index is 2.35. The van der Waals surface area contributed by atoms with Crippen LogP contribution >= 0.6 is 0 Å². The number of hydrogen-bond acceptors (Lipinski definition) is 0. The van der Waals surface area contributed by atoms with Gasteiger partial charge in [-0.3, -0.25) is 0 Å². The summed E-state index contributed by atoms with van der Waals surface area (Å²) < 4.78 is 1.25. The van der Waals surface area contributed by atoms with E-state index >= 15 is 0 Å². The molecule has 0 aromatic heterocycles. The number of nitrogens with zero attached hydrogens (tertiary/aromatic N) is 1. The molecule has 1 rings (SSSR count). The summed E-state index contributed by atoms with van der Waals surface area (Å²) in [4.78, 5) is 0. The first-order chi connectivity index (χ1) is 10.3. The smallest absolute Gasteiger partial charge is 0.104 e. The largest absolute Gasteiger partial charge is 0.320 e. The lowest BCUT2D eigenvalue weighted by molar-refractivity contribution is -0.938. The Bertz CT molecular complexity index is 340. The van der Waals surface area contributed by atoms with Crippen LogP contribution in [0.1, 0.15) is 71.3 Å². The van der Waals surface area contributed by atoms with Crippen molar-refractivity contribution < 1.29 is 4.48 Å². The summed E-state index contributed by atoms with van der Waals surface area (Å²) in [5, 5.41) is 0. The Balaban J connectivity index is 2.35. The summed E-state index contributed by atoms with van der Waals surface area (Å²) in [6, 6.07) is 11.0. The Morgan fingerprint density at radius 1 is 0.714 bits per heavy atom. The minimum absolute atomic E-state index is 1.20. The van der Waals surface area contributed by atoms with Crippen LogP contribution in [0.25, 0.3) is 0 Å². The molecule has 0 aliphatic rings. The first-order valence-electron chi connectivity index (χ1n) is 9.15. The normalized spacial score (nSPS) is 11.8. The van der Waals surface area contributed by atoms with Gasteiger partial charge in [0.05, 0.1) is 19.6 Å². The molecule has 1 nitrogen and oxygen atoms in total. The van der Waals surface area contributed by atoms with Crippen LogP contribution in [-0.2, 0) is 6.54 Å². The molecule has 0 saturated heterocycles. The van der Waals surface area contributed by atoms with Crippen LogP contribution in [0.4, 0.5) is 0 Å². The van der Waals surface area contributed by atoms with Gasteiger partial charge in [-0.15, -0.1) is 0 Å². The van der Waals surface area contributed by atoms with Crippen molar-refractivity contribution in [3.63, 3.8) is 0 Å². The van der Waals surface area contributed by atoms with Gasteiger partial charge in [-0.2, -0.15) is 0 Å². The molecule has 0 bridgehead atoms. The Labute approximate surface area is 133 Å². The third-order valence-corrected chi connectivity index (χ3v) is 4.94. The zero-order valence-corrected chi connectivity index (χ0v) is 14.6. The van der Waals surface area contributed by atoms with Crippen molar-refractivity contribution in [3.05, 3.63) is 35.9 Å². The Morgan fingerprint density at radius 2 is 1.29 bits per heavy atom. The molecule has 1 heteroatoms. The maximum atomic E-state index is 2.35. The molecule has 0 fully saturated rings. The van der Waals surface area contributed by atoms with E-state index in [9.17, 15) is 0 Å². The fourth-order valence-corrected chi connectivity index (χ4v) is 3.22. The van der Waals surface area contributed by atoms with Gasteiger partial charge >= 0.3 is 0 Å². The molecule has 0 amide bonds. The molecule has 0 heterocycles. The molecular formula is C20H36N+. The van der Waals surface area contributed by atoms with Crippen LogP contribution in [0.3, 0.4) is 0 Å². The van der Waals surface area contributed by atoms with Crippen LogP contribution in [0.5, 0.6) is 0 Å². The lowest BCUT2D eigenvalue weighted by atomic mass is 10.1. The standard InChI is InChI=1S/C20H36N/c1-4-7-8-9-10-11-15-18-21(5-2,6-3)19-20-16-13-12-14-17-20/h12-14,16-17H,4-11,15,18-19H2,1-3H3/q+1. The van der Waals surface area contributed by atoms with E-state index in [-0.39, 0.29) is 0 Å². The van der Waals surface area contributed by atoms with Crippen molar-refractivity contribution in [3.8, 4) is 0 Å². The molecule has 0 aliphatic carbocycles. The van der Waals surface area contributed by atoms with Crippen molar-refractivity contribution in [2.45, 2.75) is 72.3 Å². The van der Waals surface area contributed by atoms with Gasteiger partial charge in [0.15, 0.2) is 0 Å². The number of benzene rings is 1. The van der Waals surface area contributed by atoms with Crippen LogP contribution in [-0.4, -0.2) is 24.1 Å². The Morgan fingerprint density at radius 3 is 1.86 bits per heavy atom. The van der Waals surface area contributed by atoms with Gasteiger partial charge in [0.1, 0.15) is 6.54 Å². The van der Waals surface area contributed by atoms with Crippen molar-refractivity contribution >= 4 is 0 Å². The zero-order chi connectivity index (χ0) is 15.4. The Hall–Kier alpha value is -0.820. The highest BCUT2D eigenvalue weighted by Crippen LogP contribution is 2.17. The predicted octanol–water partition coefficient (Wildman–Crippen LogP) is 5.79. The van der Waals surface area contributed by atoms with E-state index in [2.05, 4.69) is 51.1 Å². The van der Waals surface area contributed by atoms with E-state index in [1.54, 1.807) is 0 Å². The van der Waals surface area contributed by atoms with Gasteiger partial charge in [0.25, 0.3) is 0 Å². The molecule has 0 saturated carbocycles. The second-order valence-electron chi connectivity index (χ2n) is 6.46. The van der Waals surface area contributed by atoms with Gasteiger partial charge in [-0.1, -0.05) is 69.4 Å². The summed E-state index contributed by atoms with van der Waals surface area (Å²) in [6.07, 6.45) is 9.87. The van der Waals surface area contributed by atoms with Gasteiger partial charge in [0.2, 0.25) is 0 Å². The summed E-state index contributed by atoms with van der Waals surface area (Å²) in [6.45, 7) is 12.0. The van der Waals surface area contributed by atoms with Crippen LogP contribution in [0.15, 0.2) is 30.3 Å². The highest BCUT2D eigenvalue weighted by molar-refractivity contribution is 5.13. The minimum atomic E-state index is 1.20. The van der Waals surface area contributed by atoms with E-state index in [1.165, 1.54) is 81.2 Å². The quantitative estimate of drug-likeness (QED) is 0.337.